The smallest absolute Gasteiger partial charge is 0.250 e. The second kappa shape index (κ2) is 4.37. The summed E-state index contributed by atoms with van der Waals surface area (Å²) in [7, 11) is 0. The maximum absolute atomic E-state index is 11.9. The molecule has 1 aromatic heterocycles. The Bertz CT molecular complexity index is 539. The van der Waals surface area contributed by atoms with Crippen molar-refractivity contribution in [3.05, 3.63) is 28.7 Å². The highest BCUT2D eigenvalue weighted by Gasteiger charge is 2.50. The van der Waals surface area contributed by atoms with E-state index in [4.69, 9.17) is 5.73 Å². The predicted octanol–water partition coefficient (Wildman–Crippen LogP) is 3.04. The van der Waals surface area contributed by atoms with Gasteiger partial charge in [-0.3, -0.25) is 4.79 Å². The van der Waals surface area contributed by atoms with Gasteiger partial charge >= 0.3 is 0 Å². The fourth-order valence-electron chi connectivity index (χ4n) is 5.68. The summed E-state index contributed by atoms with van der Waals surface area (Å²) < 4.78 is 1.81. The van der Waals surface area contributed by atoms with Gasteiger partial charge in [0.1, 0.15) is 0 Å². The van der Waals surface area contributed by atoms with Crippen molar-refractivity contribution >= 4 is 5.69 Å². The molecule has 20 heavy (non-hydrogen) atoms. The van der Waals surface area contributed by atoms with Crippen molar-refractivity contribution in [2.75, 3.05) is 5.73 Å². The zero-order chi connectivity index (χ0) is 13.7. The number of nitrogen functional groups attached to an aromatic ring is 1. The minimum absolute atomic E-state index is 0.0870. The van der Waals surface area contributed by atoms with Crippen LogP contribution in [-0.4, -0.2) is 4.57 Å². The first-order valence-electron chi connectivity index (χ1n) is 8.08. The van der Waals surface area contributed by atoms with Gasteiger partial charge in [0.25, 0.3) is 5.56 Å². The minimum atomic E-state index is 0.0870. The van der Waals surface area contributed by atoms with Crippen LogP contribution in [0.4, 0.5) is 5.69 Å². The molecule has 4 bridgehead atoms. The summed E-state index contributed by atoms with van der Waals surface area (Å²) in [6, 6.07) is 3.29. The lowest BCUT2D eigenvalue weighted by Crippen LogP contribution is -2.46. The first-order chi connectivity index (χ1) is 9.62. The van der Waals surface area contributed by atoms with Crippen LogP contribution < -0.4 is 11.3 Å². The molecule has 1 aromatic rings. The Morgan fingerprint density at radius 3 is 2.30 bits per heavy atom. The van der Waals surface area contributed by atoms with Gasteiger partial charge < -0.3 is 10.3 Å². The van der Waals surface area contributed by atoms with Crippen LogP contribution in [0, 0.1) is 23.2 Å². The van der Waals surface area contributed by atoms with E-state index in [1.807, 2.05) is 10.8 Å². The van der Waals surface area contributed by atoms with Crippen LogP contribution in [-0.2, 0) is 6.54 Å². The summed E-state index contributed by atoms with van der Waals surface area (Å²) in [6.45, 7) is 0.843. The van der Waals surface area contributed by atoms with E-state index in [9.17, 15) is 4.79 Å². The van der Waals surface area contributed by atoms with E-state index in [2.05, 4.69) is 0 Å². The van der Waals surface area contributed by atoms with Gasteiger partial charge in [0, 0.05) is 24.5 Å². The number of nitrogens with two attached hydrogens (primary N) is 1. The number of nitrogens with zero attached hydrogens (tertiary/aromatic N) is 1. The van der Waals surface area contributed by atoms with E-state index in [0.29, 0.717) is 11.1 Å². The van der Waals surface area contributed by atoms with Crippen molar-refractivity contribution in [3.63, 3.8) is 0 Å². The summed E-state index contributed by atoms with van der Waals surface area (Å²) in [4.78, 5) is 11.9. The van der Waals surface area contributed by atoms with E-state index in [1.54, 1.807) is 12.1 Å². The van der Waals surface area contributed by atoms with E-state index in [1.165, 1.54) is 44.9 Å². The number of aryl methyl sites for hydroxylation is 1. The SMILES string of the molecule is Nc1ccc(=O)n(CCC23CC4CC(CC(C4)C2)C3)c1. The molecule has 4 saturated carbocycles. The fraction of sp³-hybridized carbons (Fsp3) is 0.706. The second-order valence-corrected chi connectivity index (χ2v) is 7.66. The molecule has 0 spiro atoms. The van der Waals surface area contributed by atoms with Gasteiger partial charge in [-0.1, -0.05) is 0 Å². The number of pyridine rings is 1. The molecule has 4 aliphatic carbocycles. The summed E-state index contributed by atoms with van der Waals surface area (Å²) in [5.74, 6) is 2.96. The summed E-state index contributed by atoms with van der Waals surface area (Å²) >= 11 is 0. The van der Waals surface area contributed by atoms with E-state index in [-0.39, 0.29) is 5.56 Å². The molecular weight excluding hydrogens is 248 g/mol. The Hall–Kier alpha value is -1.25. The molecule has 3 nitrogen and oxygen atoms in total. The Morgan fingerprint density at radius 2 is 1.70 bits per heavy atom. The van der Waals surface area contributed by atoms with Gasteiger partial charge in [-0.05, 0) is 74.2 Å². The minimum Gasteiger partial charge on any atom is -0.398 e. The molecule has 0 atom stereocenters. The van der Waals surface area contributed by atoms with Crippen molar-refractivity contribution in [1.29, 1.82) is 0 Å². The first-order valence-corrected chi connectivity index (χ1v) is 8.08. The summed E-state index contributed by atoms with van der Waals surface area (Å²) in [5.41, 5.74) is 7.12. The maximum Gasteiger partial charge on any atom is 0.250 e. The van der Waals surface area contributed by atoms with Crippen molar-refractivity contribution in [2.45, 2.75) is 51.5 Å². The number of hydrogen-bond acceptors (Lipinski definition) is 2. The third kappa shape index (κ3) is 2.07. The van der Waals surface area contributed by atoms with Gasteiger partial charge in [0.15, 0.2) is 0 Å². The molecule has 1 heterocycles. The number of aromatic nitrogens is 1. The molecule has 2 N–H and O–H groups in total. The van der Waals surface area contributed by atoms with Crippen LogP contribution in [0.1, 0.15) is 44.9 Å². The Morgan fingerprint density at radius 1 is 1.10 bits per heavy atom. The van der Waals surface area contributed by atoms with Gasteiger partial charge in [0.2, 0.25) is 0 Å². The predicted molar refractivity (Wildman–Crippen MR) is 80.3 cm³/mol. The Balaban J connectivity index is 1.52. The zero-order valence-electron chi connectivity index (χ0n) is 12.1. The lowest BCUT2D eigenvalue weighted by atomic mass is 9.49. The highest BCUT2D eigenvalue weighted by molar-refractivity contribution is 5.33. The van der Waals surface area contributed by atoms with Crippen LogP contribution in [0.15, 0.2) is 23.1 Å². The molecule has 0 amide bonds. The van der Waals surface area contributed by atoms with Crippen molar-refractivity contribution in [3.8, 4) is 0 Å². The van der Waals surface area contributed by atoms with Crippen molar-refractivity contribution in [2.24, 2.45) is 23.2 Å². The molecule has 0 aliphatic heterocycles. The van der Waals surface area contributed by atoms with Gasteiger partial charge in [0.05, 0.1) is 0 Å². The average molecular weight is 272 g/mol. The third-order valence-electron chi connectivity index (χ3n) is 6.05. The summed E-state index contributed by atoms with van der Waals surface area (Å²) in [5, 5.41) is 0. The molecular formula is C17H24N2O. The van der Waals surface area contributed by atoms with Crippen LogP contribution in [0.5, 0.6) is 0 Å². The highest BCUT2D eigenvalue weighted by Crippen LogP contribution is 2.61. The quantitative estimate of drug-likeness (QED) is 0.919. The van der Waals surface area contributed by atoms with Gasteiger partial charge in [-0.25, -0.2) is 0 Å². The second-order valence-electron chi connectivity index (χ2n) is 7.66. The number of hydrogen-bond donors (Lipinski definition) is 1. The molecule has 5 rings (SSSR count). The largest absolute Gasteiger partial charge is 0.398 e. The number of rotatable bonds is 3. The third-order valence-corrected chi connectivity index (χ3v) is 6.05. The highest BCUT2D eigenvalue weighted by atomic mass is 16.1. The molecule has 4 aliphatic rings. The first kappa shape index (κ1) is 12.5. The molecule has 4 fully saturated rings. The fourth-order valence-corrected chi connectivity index (χ4v) is 5.68. The van der Waals surface area contributed by atoms with E-state index in [0.717, 1.165) is 24.3 Å². The van der Waals surface area contributed by atoms with Gasteiger partial charge in [-0.15, -0.1) is 0 Å². The molecule has 0 unspecified atom stereocenters. The Labute approximate surface area is 120 Å². The molecule has 3 heteroatoms. The van der Waals surface area contributed by atoms with Gasteiger partial charge in [-0.2, -0.15) is 0 Å². The molecule has 0 radical (unpaired) electrons. The zero-order valence-corrected chi connectivity index (χ0v) is 12.1. The standard InChI is InChI=1S/C17H24N2O/c18-15-1-2-16(20)19(11-15)4-3-17-8-12-5-13(9-17)7-14(6-12)10-17/h1-2,11-14H,3-10,18H2. The molecule has 0 saturated heterocycles. The number of anilines is 1. The molecule has 108 valence electrons. The normalized spacial score (nSPS) is 38.3. The lowest BCUT2D eigenvalue weighted by molar-refractivity contribution is -0.0592. The van der Waals surface area contributed by atoms with E-state index < -0.39 is 0 Å². The van der Waals surface area contributed by atoms with Crippen molar-refractivity contribution in [1.82, 2.24) is 4.57 Å². The maximum atomic E-state index is 11.9. The van der Waals surface area contributed by atoms with Crippen LogP contribution in [0.2, 0.25) is 0 Å². The summed E-state index contributed by atoms with van der Waals surface area (Å²) in [6.07, 6.45) is 11.7. The monoisotopic (exact) mass is 272 g/mol. The molecule has 0 aromatic carbocycles. The van der Waals surface area contributed by atoms with Crippen LogP contribution in [0.3, 0.4) is 0 Å². The van der Waals surface area contributed by atoms with Crippen molar-refractivity contribution < 1.29 is 0 Å². The topological polar surface area (TPSA) is 48.0 Å². The lowest BCUT2D eigenvalue weighted by Gasteiger charge is -2.57. The van der Waals surface area contributed by atoms with E-state index >= 15 is 0 Å². The average Bonchev–Trinajstić information content (AvgIpc) is 2.38. The Kier molecular flexibility index (Phi) is 2.73. The van der Waals surface area contributed by atoms with Crippen LogP contribution >= 0.6 is 0 Å². The van der Waals surface area contributed by atoms with Crippen LogP contribution in [0.25, 0.3) is 0 Å².